The van der Waals surface area contributed by atoms with Crippen LogP contribution in [0.5, 0.6) is 0 Å². The maximum Gasteiger partial charge on any atom is 0.0652 e. The Labute approximate surface area is 101 Å². The lowest BCUT2D eigenvalue weighted by atomic mass is 10.1. The molecule has 0 aliphatic heterocycles. The number of rotatable bonds is 2. The summed E-state index contributed by atoms with van der Waals surface area (Å²) < 4.78 is 0. The minimum absolute atomic E-state index is 0.568. The van der Waals surface area contributed by atoms with Gasteiger partial charge < -0.3 is 5.32 Å². The van der Waals surface area contributed by atoms with E-state index in [4.69, 9.17) is 23.2 Å². The van der Waals surface area contributed by atoms with Crippen molar-refractivity contribution in [2.24, 2.45) is 5.92 Å². The van der Waals surface area contributed by atoms with Gasteiger partial charge in [-0.25, -0.2) is 0 Å². The molecule has 0 spiro atoms. The van der Waals surface area contributed by atoms with Crippen LogP contribution in [0.4, 0.5) is 5.69 Å². The summed E-state index contributed by atoms with van der Waals surface area (Å²) in [5.41, 5.74) is 1.00. The summed E-state index contributed by atoms with van der Waals surface area (Å²) in [6.07, 6.45) is 3.78. The Bertz CT molecular complexity index is 351. The third-order valence-corrected chi connectivity index (χ3v) is 3.53. The highest BCUT2D eigenvalue weighted by Gasteiger charge is 2.21. The van der Waals surface area contributed by atoms with E-state index in [9.17, 15) is 0 Å². The van der Waals surface area contributed by atoms with Crippen molar-refractivity contribution >= 4 is 28.9 Å². The second kappa shape index (κ2) is 4.63. The largest absolute Gasteiger partial charge is 0.381 e. The number of hydrogen-bond donors (Lipinski definition) is 1. The van der Waals surface area contributed by atoms with Crippen LogP contribution in [0.3, 0.4) is 0 Å². The summed E-state index contributed by atoms with van der Waals surface area (Å²) in [5, 5.41) is 4.87. The van der Waals surface area contributed by atoms with Crippen LogP contribution in [0.1, 0.15) is 26.2 Å². The molecule has 82 valence electrons. The van der Waals surface area contributed by atoms with E-state index in [-0.39, 0.29) is 0 Å². The van der Waals surface area contributed by atoms with Gasteiger partial charge in [0.15, 0.2) is 0 Å². The van der Waals surface area contributed by atoms with Crippen LogP contribution in [0.15, 0.2) is 18.2 Å². The van der Waals surface area contributed by atoms with Gasteiger partial charge >= 0.3 is 0 Å². The lowest BCUT2D eigenvalue weighted by Gasteiger charge is -2.15. The molecule has 0 aromatic heterocycles. The van der Waals surface area contributed by atoms with Crippen molar-refractivity contribution in [1.82, 2.24) is 0 Å². The quantitative estimate of drug-likeness (QED) is 0.801. The molecule has 0 radical (unpaired) electrons. The molecule has 1 aliphatic carbocycles. The van der Waals surface area contributed by atoms with Gasteiger partial charge in [0.1, 0.15) is 0 Å². The fourth-order valence-electron chi connectivity index (χ4n) is 2.16. The Morgan fingerprint density at radius 1 is 1.27 bits per heavy atom. The Morgan fingerprint density at radius 2 is 2.07 bits per heavy atom. The van der Waals surface area contributed by atoms with E-state index in [1.807, 2.05) is 12.1 Å². The molecule has 1 fully saturated rings. The molecule has 2 unspecified atom stereocenters. The van der Waals surface area contributed by atoms with Crippen LogP contribution in [-0.4, -0.2) is 6.04 Å². The average molecular weight is 244 g/mol. The van der Waals surface area contributed by atoms with E-state index in [2.05, 4.69) is 12.2 Å². The van der Waals surface area contributed by atoms with Crippen molar-refractivity contribution < 1.29 is 0 Å². The lowest BCUT2D eigenvalue weighted by molar-refractivity contribution is 0.602. The first-order valence-electron chi connectivity index (χ1n) is 5.37. The van der Waals surface area contributed by atoms with Gasteiger partial charge in [0.25, 0.3) is 0 Å². The zero-order valence-corrected chi connectivity index (χ0v) is 10.3. The summed E-state index contributed by atoms with van der Waals surface area (Å²) in [7, 11) is 0. The van der Waals surface area contributed by atoms with Gasteiger partial charge in [-0.1, -0.05) is 30.1 Å². The molecular formula is C12H15Cl2N. The van der Waals surface area contributed by atoms with Crippen LogP contribution in [-0.2, 0) is 0 Å². The van der Waals surface area contributed by atoms with E-state index in [0.717, 1.165) is 11.6 Å². The van der Waals surface area contributed by atoms with E-state index in [1.165, 1.54) is 19.3 Å². The zero-order valence-electron chi connectivity index (χ0n) is 8.76. The van der Waals surface area contributed by atoms with Gasteiger partial charge in [-0.2, -0.15) is 0 Å². The first-order chi connectivity index (χ1) is 7.15. The van der Waals surface area contributed by atoms with Crippen molar-refractivity contribution in [2.45, 2.75) is 32.2 Å². The monoisotopic (exact) mass is 243 g/mol. The van der Waals surface area contributed by atoms with Crippen molar-refractivity contribution in [3.8, 4) is 0 Å². The fourth-order valence-corrected chi connectivity index (χ4v) is 2.63. The van der Waals surface area contributed by atoms with E-state index in [0.29, 0.717) is 16.1 Å². The molecule has 0 heterocycles. The molecule has 3 heteroatoms. The highest BCUT2D eigenvalue weighted by molar-refractivity contribution is 6.36. The number of anilines is 1. The van der Waals surface area contributed by atoms with Gasteiger partial charge in [-0.15, -0.1) is 0 Å². The molecule has 0 bridgehead atoms. The second-order valence-corrected chi connectivity index (χ2v) is 5.23. The second-order valence-electron chi connectivity index (χ2n) is 4.38. The number of hydrogen-bond acceptors (Lipinski definition) is 1. The maximum atomic E-state index is 6.10. The third kappa shape index (κ3) is 2.79. The van der Waals surface area contributed by atoms with Gasteiger partial charge in [-0.05, 0) is 43.4 Å². The van der Waals surface area contributed by atoms with Crippen LogP contribution in [0.2, 0.25) is 10.0 Å². The number of nitrogens with one attached hydrogen (secondary N) is 1. The Kier molecular flexibility index (Phi) is 3.42. The Hall–Kier alpha value is -0.400. The SMILES string of the molecule is CC1CCC(Nc2ccc(Cl)cc2Cl)C1. The Balaban J connectivity index is 2.04. The summed E-state index contributed by atoms with van der Waals surface area (Å²) in [4.78, 5) is 0. The molecule has 1 saturated carbocycles. The zero-order chi connectivity index (χ0) is 10.8. The van der Waals surface area contributed by atoms with E-state index < -0.39 is 0 Å². The minimum atomic E-state index is 0.568. The summed E-state index contributed by atoms with van der Waals surface area (Å²) in [6, 6.07) is 6.17. The van der Waals surface area contributed by atoms with Gasteiger partial charge in [0.2, 0.25) is 0 Å². The molecule has 1 aromatic carbocycles. The normalized spacial score (nSPS) is 25.5. The number of benzene rings is 1. The van der Waals surface area contributed by atoms with Crippen molar-refractivity contribution in [1.29, 1.82) is 0 Å². The highest BCUT2D eigenvalue weighted by Crippen LogP contribution is 2.31. The Morgan fingerprint density at radius 3 is 2.67 bits per heavy atom. The molecule has 2 rings (SSSR count). The van der Waals surface area contributed by atoms with Crippen LogP contribution in [0, 0.1) is 5.92 Å². The summed E-state index contributed by atoms with van der Waals surface area (Å²) in [5.74, 6) is 0.827. The van der Waals surface area contributed by atoms with E-state index in [1.54, 1.807) is 6.07 Å². The van der Waals surface area contributed by atoms with Crippen LogP contribution < -0.4 is 5.32 Å². The molecular weight excluding hydrogens is 229 g/mol. The first kappa shape index (κ1) is 11.1. The average Bonchev–Trinajstić information content (AvgIpc) is 2.56. The first-order valence-corrected chi connectivity index (χ1v) is 6.12. The van der Waals surface area contributed by atoms with Gasteiger partial charge in [-0.3, -0.25) is 0 Å². The summed E-state index contributed by atoms with van der Waals surface area (Å²) >= 11 is 11.9. The molecule has 0 amide bonds. The molecule has 0 saturated heterocycles. The molecule has 1 aromatic rings. The topological polar surface area (TPSA) is 12.0 Å². The standard InChI is InChI=1S/C12H15Cl2N/c1-8-2-4-10(6-8)15-12-5-3-9(13)7-11(12)14/h3,5,7-8,10,15H,2,4,6H2,1H3. The predicted molar refractivity (Wildman–Crippen MR) is 66.9 cm³/mol. The van der Waals surface area contributed by atoms with Gasteiger partial charge in [0, 0.05) is 11.1 Å². The summed E-state index contributed by atoms with van der Waals surface area (Å²) in [6.45, 7) is 2.30. The van der Waals surface area contributed by atoms with Crippen molar-refractivity contribution in [2.75, 3.05) is 5.32 Å². The van der Waals surface area contributed by atoms with Crippen LogP contribution in [0.25, 0.3) is 0 Å². The number of halogens is 2. The lowest BCUT2D eigenvalue weighted by Crippen LogP contribution is -2.15. The van der Waals surface area contributed by atoms with Crippen molar-refractivity contribution in [3.05, 3.63) is 28.2 Å². The molecule has 1 aliphatic rings. The third-order valence-electron chi connectivity index (χ3n) is 2.99. The molecule has 1 nitrogen and oxygen atoms in total. The fraction of sp³-hybridized carbons (Fsp3) is 0.500. The maximum absolute atomic E-state index is 6.10. The highest BCUT2D eigenvalue weighted by atomic mass is 35.5. The van der Waals surface area contributed by atoms with Crippen molar-refractivity contribution in [3.63, 3.8) is 0 Å². The minimum Gasteiger partial charge on any atom is -0.381 e. The molecule has 2 atom stereocenters. The van der Waals surface area contributed by atoms with Crippen LogP contribution >= 0.6 is 23.2 Å². The van der Waals surface area contributed by atoms with Gasteiger partial charge in [0.05, 0.1) is 10.7 Å². The van der Waals surface area contributed by atoms with E-state index >= 15 is 0 Å². The molecule has 1 N–H and O–H groups in total. The predicted octanol–water partition coefficient (Wildman–Crippen LogP) is 4.59. The smallest absolute Gasteiger partial charge is 0.0652 e. The molecule has 15 heavy (non-hydrogen) atoms.